The number of aliphatic hydroxyl groups excluding tert-OH is 1. The summed E-state index contributed by atoms with van der Waals surface area (Å²) in [5.74, 6) is -1.74. The highest BCUT2D eigenvalue weighted by molar-refractivity contribution is 7.92. The number of nitrogens with zero attached hydrogens (tertiary/aromatic N) is 1. The van der Waals surface area contributed by atoms with Crippen LogP contribution < -0.4 is 13.8 Å². The second-order valence-electron chi connectivity index (χ2n) is 10.1. The zero-order valence-electron chi connectivity index (χ0n) is 21.7. The van der Waals surface area contributed by atoms with Crippen molar-refractivity contribution in [3.05, 3.63) is 77.9 Å². The maximum atomic E-state index is 14.5. The Morgan fingerprint density at radius 1 is 1.00 bits per heavy atom. The molecule has 226 valence electrons. The molecule has 2 N–H and O–H groups in total. The minimum absolute atomic E-state index is 0.00104. The molecular weight excluding hydrogens is 607 g/mol. The van der Waals surface area contributed by atoms with E-state index in [9.17, 15) is 43.9 Å². The van der Waals surface area contributed by atoms with Crippen LogP contribution in [0.3, 0.4) is 0 Å². The smallest absolute Gasteiger partial charge is 0.416 e. The largest absolute Gasteiger partial charge is 0.486 e. The fraction of sp³-hybridized carbons (Fsp3) is 0.333. The normalized spacial score (nSPS) is 18.3. The van der Waals surface area contributed by atoms with Crippen LogP contribution in [0.5, 0.6) is 5.75 Å². The minimum Gasteiger partial charge on any atom is -0.486 e. The molecule has 3 aromatic carbocycles. The molecule has 1 heterocycles. The summed E-state index contributed by atoms with van der Waals surface area (Å²) in [5.41, 5.74) is -1.17. The number of nitrogens with one attached hydrogen (secondary N) is 1. The second-order valence-corrected chi connectivity index (χ2v) is 13.9. The lowest BCUT2D eigenvalue weighted by atomic mass is 10.0. The third-order valence-corrected chi connectivity index (χ3v) is 10.6. The fourth-order valence-electron chi connectivity index (χ4n) is 4.61. The first-order valence-corrected chi connectivity index (χ1v) is 15.8. The molecule has 1 fully saturated rings. The van der Waals surface area contributed by atoms with Crippen LogP contribution in [0.15, 0.2) is 65.6 Å². The lowest BCUT2D eigenvalue weighted by Gasteiger charge is -2.36. The van der Waals surface area contributed by atoms with Gasteiger partial charge in [-0.15, -0.1) is 0 Å². The number of alkyl halides is 3. The number of aliphatic hydroxyl groups is 1. The molecular formula is C27H25F5N2O6S2. The number of sulfonamides is 2. The van der Waals surface area contributed by atoms with Crippen molar-refractivity contribution in [2.45, 2.75) is 54.3 Å². The van der Waals surface area contributed by atoms with E-state index >= 15 is 0 Å². The number of anilines is 1. The highest BCUT2D eigenvalue weighted by Crippen LogP contribution is 2.42. The summed E-state index contributed by atoms with van der Waals surface area (Å²) in [4.78, 5) is -0.653. The minimum atomic E-state index is -4.81. The lowest BCUT2D eigenvalue weighted by molar-refractivity contribution is -0.137. The van der Waals surface area contributed by atoms with E-state index < -0.39 is 72.4 Å². The molecule has 0 aromatic heterocycles. The van der Waals surface area contributed by atoms with Crippen LogP contribution in [0.25, 0.3) is 11.1 Å². The van der Waals surface area contributed by atoms with Crippen LogP contribution in [0.2, 0.25) is 0 Å². The molecule has 42 heavy (non-hydrogen) atoms. The molecule has 1 aliphatic carbocycles. The fourth-order valence-corrected chi connectivity index (χ4v) is 7.60. The molecule has 0 bridgehead atoms. The monoisotopic (exact) mass is 632 g/mol. The standard InChI is InChI=1S/C27H25F5N2O6S2/c28-18-5-9-22(23(29)14-18)16-4-10-25-24(12-16)34(42(38,39)21-3-1-2-17(13-21)27(30,31)32)15-19(40-25)6-11-26(35)33-41(36,37)20-7-8-20/h1-5,9-10,12-14,19-20,26,33,35H,6-8,11,15H2/t19-,26?/m0/s1. The van der Waals surface area contributed by atoms with Crippen LogP contribution >= 0.6 is 0 Å². The number of hydrogen-bond acceptors (Lipinski definition) is 6. The molecule has 5 rings (SSSR count). The SMILES string of the molecule is O=S(=O)(NC(O)CC[C@H]1CN(S(=O)(=O)c2cccc(C(F)(F)F)c2)c2cc(-c3ccc(F)cc3F)ccc2O1)C1CC1. The number of rotatable bonds is 9. The zero-order chi connectivity index (χ0) is 30.4. The number of hydrogen-bond donors (Lipinski definition) is 2. The van der Waals surface area contributed by atoms with Gasteiger partial charge in [-0.2, -0.15) is 17.9 Å². The highest BCUT2D eigenvalue weighted by Gasteiger charge is 2.39. The molecule has 3 aromatic rings. The topological polar surface area (TPSA) is 113 Å². The number of fused-ring (bicyclic) bond motifs is 1. The van der Waals surface area contributed by atoms with Crippen molar-refractivity contribution in [1.29, 1.82) is 0 Å². The first kappa shape index (κ1) is 30.2. The van der Waals surface area contributed by atoms with Gasteiger partial charge in [-0.25, -0.2) is 25.6 Å². The molecule has 2 atom stereocenters. The highest BCUT2D eigenvalue weighted by atomic mass is 32.2. The first-order chi connectivity index (χ1) is 19.6. The Kier molecular flexibility index (Phi) is 7.98. The van der Waals surface area contributed by atoms with Crippen LogP contribution in [0.4, 0.5) is 27.6 Å². The third kappa shape index (κ3) is 6.38. The molecule has 1 saturated carbocycles. The van der Waals surface area contributed by atoms with Gasteiger partial charge in [0.2, 0.25) is 10.0 Å². The van der Waals surface area contributed by atoms with Crippen LogP contribution in [0, 0.1) is 11.6 Å². The van der Waals surface area contributed by atoms with E-state index in [1.165, 1.54) is 18.2 Å². The lowest BCUT2D eigenvalue weighted by Crippen LogP contribution is -2.44. The molecule has 0 amide bonds. The van der Waals surface area contributed by atoms with Crippen molar-refractivity contribution < 1.29 is 48.6 Å². The molecule has 8 nitrogen and oxygen atoms in total. The summed E-state index contributed by atoms with van der Waals surface area (Å²) >= 11 is 0. The van der Waals surface area contributed by atoms with E-state index in [0.717, 1.165) is 34.6 Å². The average molecular weight is 633 g/mol. The molecule has 0 spiro atoms. The molecule has 1 unspecified atom stereocenters. The van der Waals surface area contributed by atoms with Gasteiger partial charge >= 0.3 is 6.18 Å². The Balaban J connectivity index is 1.49. The molecule has 1 aliphatic heterocycles. The van der Waals surface area contributed by atoms with Crippen LogP contribution in [0.1, 0.15) is 31.2 Å². The van der Waals surface area contributed by atoms with E-state index in [0.29, 0.717) is 25.0 Å². The Morgan fingerprint density at radius 3 is 2.40 bits per heavy atom. The Bertz CT molecular complexity index is 1710. The molecule has 2 aliphatic rings. The summed E-state index contributed by atoms with van der Waals surface area (Å²) in [5, 5.41) is 9.69. The van der Waals surface area contributed by atoms with Gasteiger partial charge in [-0.05, 0) is 73.7 Å². The summed E-state index contributed by atoms with van der Waals surface area (Å²) in [6, 6.07) is 10.1. The van der Waals surface area contributed by atoms with Crippen molar-refractivity contribution in [3.63, 3.8) is 0 Å². The van der Waals surface area contributed by atoms with Crippen molar-refractivity contribution in [2.75, 3.05) is 10.8 Å². The second kappa shape index (κ2) is 11.1. The molecule has 15 heteroatoms. The quantitative estimate of drug-likeness (QED) is 0.259. The summed E-state index contributed by atoms with van der Waals surface area (Å²) in [6.07, 6.45) is -6.44. The van der Waals surface area contributed by atoms with E-state index in [4.69, 9.17) is 4.74 Å². The number of halogens is 5. The van der Waals surface area contributed by atoms with Crippen LogP contribution in [-0.2, 0) is 26.2 Å². The third-order valence-electron chi connectivity index (χ3n) is 6.91. The van der Waals surface area contributed by atoms with Gasteiger partial charge in [-0.3, -0.25) is 4.31 Å². The first-order valence-electron chi connectivity index (χ1n) is 12.8. The van der Waals surface area contributed by atoms with Gasteiger partial charge in [0.25, 0.3) is 10.0 Å². The van der Waals surface area contributed by atoms with E-state index in [2.05, 4.69) is 4.72 Å². The average Bonchev–Trinajstić information content (AvgIpc) is 3.77. The zero-order valence-corrected chi connectivity index (χ0v) is 23.3. The van der Waals surface area contributed by atoms with Crippen molar-refractivity contribution >= 4 is 25.7 Å². The van der Waals surface area contributed by atoms with Crippen molar-refractivity contribution in [2.24, 2.45) is 0 Å². The molecule has 0 saturated heterocycles. The Morgan fingerprint density at radius 2 is 1.74 bits per heavy atom. The summed E-state index contributed by atoms with van der Waals surface area (Å²) < 4.78 is 129. The Labute approximate surface area is 238 Å². The van der Waals surface area contributed by atoms with Gasteiger partial charge in [0.1, 0.15) is 29.7 Å². The van der Waals surface area contributed by atoms with Gasteiger partial charge in [0.15, 0.2) is 0 Å². The van der Waals surface area contributed by atoms with Gasteiger partial charge in [-0.1, -0.05) is 12.1 Å². The predicted molar refractivity (Wildman–Crippen MR) is 143 cm³/mol. The Hall–Kier alpha value is -3.27. The van der Waals surface area contributed by atoms with Gasteiger partial charge in [0, 0.05) is 11.6 Å². The van der Waals surface area contributed by atoms with Crippen molar-refractivity contribution in [1.82, 2.24) is 4.72 Å². The molecule has 0 radical (unpaired) electrons. The number of benzene rings is 3. The van der Waals surface area contributed by atoms with E-state index in [1.54, 1.807) is 0 Å². The predicted octanol–water partition coefficient (Wildman–Crippen LogP) is 4.79. The van der Waals surface area contributed by atoms with Gasteiger partial charge < -0.3 is 9.84 Å². The maximum absolute atomic E-state index is 14.5. The summed E-state index contributed by atoms with van der Waals surface area (Å²) in [7, 11) is -8.36. The maximum Gasteiger partial charge on any atom is 0.416 e. The van der Waals surface area contributed by atoms with Crippen molar-refractivity contribution in [3.8, 4) is 16.9 Å². The number of ether oxygens (including phenoxy) is 1. The van der Waals surface area contributed by atoms with Crippen LogP contribution in [-0.4, -0.2) is 46.1 Å². The van der Waals surface area contributed by atoms with E-state index in [1.807, 2.05) is 0 Å². The summed E-state index contributed by atoms with van der Waals surface area (Å²) in [6.45, 7) is -0.414. The van der Waals surface area contributed by atoms with E-state index in [-0.39, 0.29) is 35.4 Å². The van der Waals surface area contributed by atoms with Gasteiger partial charge in [0.05, 0.1) is 27.9 Å².